The van der Waals surface area contributed by atoms with Crippen molar-refractivity contribution in [3.8, 4) is 5.75 Å². The lowest BCUT2D eigenvalue weighted by atomic mass is 10.1. The zero-order chi connectivity index (χ0) is 13.8. The second kappa shape index (κ2) is 5.84. The Bertz CT molecular complexity index is 552. The lowest BCUT2D eigenvalue weighted by Crippen LogP contribution is -2.08. The summed E-state index contributed by atoms with van der Waals surface area (Å²) in [6.45, 7) is 2.03. The standard InChI is InChI=1S/C14H17FN2O2/c1-10(18)13-4-3-11(15)9-14(13)19-8-6-12-5-7-16-17(12)2/h3-5,7,9-10,18H,6,8H2,1-2H3. The zero-order valence-corrected chi connectivity index (χ0v) is 11.0. The molecule has 1 aromatic carbocycles. The second-order valence-corrected chi connectivity index (χ2v) is 4.40. The molecule has 1 heterocycles. The van der Waals surface area contributed by atoms with Gasteiger partial charge < -0.3 is 9.84 Å². The molecule has 4 nitrogen and oxygen atoms in total. The Hall–Kier alpha value is -1.88. The summed E-state index contributed by atoms with van der Waals surface area (Å²) in [5.41, 5.74) is 1.63. The number of aromatic nitrogens is 2. The van der Waals surface area contributed by atoms with Crippen LogP contribution in [0.1, 0.15) is 24.3 Å². The van der Waals surface area contributed by atoms with Gasteiger partial charge in [-0.1, -0.05) is 0 Å². The molecule has 0 aliphatic carbocycles. The molecule has 0 bridgehead atoms. The summed E-state index contributed by atoms with van der Waals surface area (Å²) in [6, 6.07) is 6.06. The quantitative estimate of drug-likeness (QED) is 0.901. The lowest BCUT2D eigenvalue weighted by Gasteiger charge is -2.13. The van der Waals surface area contributed by atoms with Gasteiger partial charge >= 0.3 is 0 Å². The van der Waals surface area contributed by atoms with Gasteiger partial charge in [0.25, 0.3) is 0 Å². The molecule has 1 aromatic heterocycles. The van der Waals surface area contributed by atoms with Crippen LogP contribution < -0.4 is 4.74 Å². The smallest absolute Gasteiger partial charge is 0.128 e. The summed E-state index contributed by atoms with van der Waals surface area (Å²) in [4.78, 5) is 0. The summed E-state index contributed by atoms with van der Waals surface area (Å²) in [7, 11) is 1.86. The van der Waals surface area contributed by atoms with E-state index in [-0.39, 0.29) is 5.82 Å². The van der Waals surface area contributed by atoms with Crippen LogP contribution in [0.15, 0.2) is 30.5 Å². The lowest BCUT2D eigenvalue weighted by molar-refractivity contribution is 0.191. The maximum atomic E-state index is 13.2. The maximum absolute atomic E-state index is 13.2. The highest BCUT2D eigenvalue weighted by Crippen LogP contribution is 2.26. The maximum Gasteiger partial charge on any atom is 0.128 e. The van der Waals surface area contributed by atoms with Crippen molar-refractivity contribution >= 4 is 0 Å². The molecule has 0 radical (unpaired) electrons. The first kappa shape index (κ1) is 13.5. The third-order valence-corrected chi connectivity index (χ3v) is 2.96. The van der Waals surface area contributed by atoms with Crippen molar-refractivity contribution in [2.75, 3.05) is 6.61 Å². The molecule has 0 aliphatic rings. The fourth-order valence-corrected chi connectivity index (χ4v) is 1.89. The van der Waals surface area contributed by atoms with Crippen molar-refractivity contribution in [2.45, 2.75) is 19.4 Å². The normalized spacial score (nSPS) is 12.4. The van der Waals surface area contributed by atoms with Crippen LogP contribution in [0.3, 0.4) is 0 Å². The molecule has 1 unspecified atom stereocenters. The highest BCUT2D eigenvalue weighted by Gasteiger charge is 2.10. The van der Waals surface area contributed by atoms with Crippen molar-refractivity contribution in [3.63, 3.8) is 0 Å². The highest BCUT2D eigenvalue weighted by molar-refractivity contribution is 5.35. The monoisotopic (exact) mass is 264 g/mol. The minimum absolute atomic E-state index is 0.375. The number of halogens is 1. The molecule has 102 valence electrons. The molecule has 0 amide bonds. The first-order valence-corrected chi connectivity index (χ1v) is 6.15. The van der Waals surface area contributed by atoms with Gasteiger partial charge in [0.1, 0.15) is 11.6 Å². The molecule has 1 N–H and O–H groups in total. The SMILES string of the molecule is CC(O)c1ccc(F)cc1OCCc1ccnn1C. The van der Waals surface area contributed by atoms with Crippen LogP contribution in [-0.2, 0) is 13.5 Å². The van der Waals surface area contributed by atoms with Crippen LogP contribution in [0, 0.1) is 5.82 Å². The molecule has 2 aromatic rings. The van der Waals surface area contributed by atoms with E-state index in [9.17, 15) is 9.50 Å². The Labute approximate surface area is 111 Å². The molecule has 0 saturated carbocycles. The number of nitrogens with zero attached hydrogens (tertiary/aromatic N) is 2. The van der Waals surface area contributed by atoms with Crippen LogP contribution in [0.25, 0.3) is 0 Å². The highest BCUT2D eigenvalue weighted by atomic mass is 19.1. The Morgan fingerprint density at radius 3 is 2.84 bits per heavy atom. The van der Waals surface area contributed by atoms with Gasteiger partial charge in [0.2, 0.25) is 0 Å². The first-order chi connectivity index (χ1) is 9.08. The van der Waals surface area contributed by atoms with Gasteiger partial charge in [0, 0.05) is 37.0 Å². The molecular weight excluding hydrogens is 247 g/mol. The van der Waals surface area contributed by atoms with E-state index in [1.165, 1.54) is 12.1 Å². The molecule has 5 heteroatoms. The van der Waals surface area contributed by atoms with Crippen molar-refractivity contribution < 1.29 is 14.2 Å². The van der Waals surface area contributed by atoms with Gasteiger partial charge in [-0.2, -0.15) is 5.10 Å². The Balaban J connectivity index is 2.03. The number of rotatable bonds is 5. The molecule has 0 aliphatic heterocycles. The van der Waals surface area contributed by atoms with E-state index in [1.807, 2.05) is 13.1 Å². The minimum Gasteiger partial charge on any atom is -0.493 e. The number of ether oxygens (including phenoxy) is 1. The third kappa shape index (κ3) is 3.32. The number of aryl methyl sites for hydroxylation is 1. The van der Waals surface area contributed by atoms with Crippen molar-refractivity contribution in [2.24, 2.45) is 7.05 Å². The van der Waals surface area contributed by atoms with Gasteiger partial charge in [-0.3, -0.25) is 4.68 Å². The predicted octanol–water partition coefficient (Wildman–Crippen LogP) is 2.23. The van der Waals surface area contributed by atoms with Crippen LogP contribution in [0.2, 0.25) is 0 Å². The Morgan fingerprint density at radius 2 is 2.21 bits per heavy atom. The van der Waals surface area contributed by atoms with Gasteiger partial charge in [0.05, 0.1) is 12.7 Å². The van der Waals surface area contributed by atoms with Gasteiger partial charge in [-0.25, -0.2) is 4.39 Å². The van der Waals surface area contributed by atoms with E-state index in [0.29, 0.717) is 24.3 Å². The molecule has 1 atom stereocenters. The Kier molecular flexibility index (Phi) is 4.16. The molecule has 0 saturated heterocycles. The molecule has 2 rings (SSSR count). The van der Waals surface area contributed by atoms with Crippen molar-refractivity contribution in [3.05, 3.63) is 47.5 Å². The average molecular weight is 264 g/mol. The van der Waals surface area contributed by atoms with E-state index in [0.717, 1.165) is 5.69 Å². The topological polar surface area (TPSA) is 47.3 Å². The molecule has 0 spiro atoms. The van der Waals surface area contributed by atoms with Crippen LogP contribution in [0.4, 0.5) is 4.39 Å². The minimum atomic E-state index is -0.688. The zero-order valence-electron chi connectivity index (χ0n) is 11.0. The van der Waals surface area contributed by atoms with E-state index >= 15 is 0 Å². The summed E-state index contributed by atoms with van der Waals surface area (Å²) < 4.78 is 20.5. The number of aliphatic hydroxyl groups excluding tert-OH is 1. The summed E-state index contributed by atoms with van der Waals surface area (Å²) in [5, 5.41) is 13.7. The second-order valence-electron chi connectivity index (χ2n) is 4.40. The number of aliphatic hydroxyl groups is 1. The van der Waals surface area contributed by atoms with E-state index in [1.54, 1.807) is 23.9 Å². The summed E-state index contributed by atoms with van der Waals surface area (Å²) >= 11 is 0. The number of hydrogen-bond donors (Lipinski definition) is 1. The Morgan fingerprint density at radius 1 is 1.42 bits per heavy atom. The summed E-state index contributed by atoms with van der Waals surface area (Å²) in [5.74, 6) is 0.0112. The predicted molar refractivity (Wildman–Crippen MR) is 69.4 cm³/mol. The van der Waals surface area contributed by atoms with Crippen LogP contribution in [0.5, 0.6) is 5.75 Å². The third-order valence-electron chi connectivity index (χ3n) is 2.96. The van der Waals surface area contributed by atoms with Crippen molar-refractivity contribution in [1.82, 2.24) is 9.78 Å². The molecular formula is C14H17FN2O2. The van der Waals surface area contributed by atoms with Gasteiger partial charge in [-0.05, 0) is 25.1 Å². The average Bonchev–Trinajstić information content (AvgIpc) is 2.75. The molecule has 19 heavy (non-hydrogen) atoms. The first-order valence-electron chi connectivity index (χ1n) is 6.15. The fourth-order valence-electron chi connectivity index (χ4n) is 1.89. The largest absolute Gasteiger partial charge is 0.493 e. The van der Waals surface area contributed by atoms with Gasteiger partial charge in [-0.15, -0.1) is 0 Å². The van der Waals surface area contributed by atoms with Crippen LogP contribution >= 0.6 is 0 Å². The number of hydrogen-bond acceptors (Lipinski definition) is 3. The van der Waals surface area contributed by atoms with Crippen LogP contribution in [-0.4, -0.2) is 21.5 Å². The molecule has 0 fully saturated rings. The van der Waals surface area contributed by atoms with E-state index in [4.69, 9.17) is 4.74 Å². The fraction of sp³-hybridized carbons (Fsp3) is 0.357. The van der Waals surface area contributed by atoms with E-state index < -0.39 is 6.10 Å². The van der Waals surface area contributed by atoms with Crippen molar-refractivity contribution in [1.29, 1.82) is 0 Å². The van der Waals surface area contributed by atoms with Gasteiger partial charge in [0.15, 0.2) is 0 Å². The van der Waals surface area contributed by atoms with E-state index in [2.05, 4.69) is 5.10 Å². The number of benzene rings is 1. The summed E-state index contributed by atoms with van der Waals surface area (Å²) in [6.07, 6.45) is 1.71.